The molecular weight excluding hydrogens is 839 g/mol. The maximum atomic E-state index is 12.6. The lowest BCUT2D eigenvalue weighted by molar-refractivity contribution is -0.132. The highest BCUT2D eigenvalue weighted by Crippen LogP contribution is 2.18. The van der Waals surface area contributed by atoms with E-state index in [4.69, 9.17) is 0 Å². The van der Waals surface area contributed by atoms with Crippen molar-refractivity contribution in [2.45, 2.75) is 346 Å². The molecular formula is C62H119NO5. The Kier molecular flexibility index (Phi) is 55.2. The van der Waals surface area contributed by atoms with Gasteiger partial charge >= 0.3 is 0 Å². The van der Waals surface area contributed by atoms with Crippen LogP contribution in [0.5, 0.6) is 0 Å². The summed E-state index contributed by atoms with van der Waals surface area (Å²) >= 11 is 0. The first-order valence-corrected chi connectivity index (χ1v) is 30.4. The van der Waals surface area contributed by atoms with Gasteiger partial charge in [0.1, 0.15) is 12.2 Å². The summed E-state index contributed by atoms with van der Waals surface area (Å²) in [5, 5.41) is 44.0. The second-order valence-electron chi connectivity index (χ2n) is 21.0. The Hall–Kier alpha value is -1.47. The molecule has 4 unspecified atom stereocenters. The standard InChI is InChI=1S/C62H119NO5/c1-3-5-7-9-11-13-15-17-19-21-23-25-26-27-28-29-30-31-32-33-34-36-37-39-41-43-45-47-49-51-53-55-59(65)61(67)58(57-64)63-62(68)60(66)56-54-52-50-48-46-44-42-40-38-35-24-22-20-18-16-14-12-10-8-6-4-2/h38-41,47,49,58-61,64-67H,3-37,42-46,48,50-57H2,1-2H3,(H,63,68)/b40-38-,41-39+,49-47+. The summed E-state index contributed by atoms with van der Waals surface area (Å²) in [7, 11) is 0. The minimum Gasteiger partial charge on any atom is -0.394 e. The molecule has 0 aromatic carbocycles. The van der Waals surface area contributed by atoms with Crippen LogP contribution in [0.15, 0.2) is 36.5 Å². The molecule has 0 aromatic rings. The summed E-state index contributed by atoms with van der Waals surface area (Å²) in [4.78, 5) is 12.6. The van der Waals surface area contributed by atoms with Crippen LogP contribution in [-0.2, 0) is 4.79 Å². The smallest absolute Gasteiger partial charge is 0.249 e. The van der Waals surface area contributed by atoms with Crippen LogP contribution in [0.4, 0.5) is 0 Å². The van der Waals surface area contributed by atoms with Crippen LogP contribution in [0.1, 0.15) is 322 Å². The third kappa shape index (κ3) is 49.5. The highest BCUT2D eigenvalue weighted by atomic mass is 16.3. The molecule has 0 fully saturated rings. The number of rotatable bonds is 56. The Labute approximate surface area is 424 Å². The number of carbonyl (C=O) groups excluding carboxylic acids is 1. The molecule has 0 radical (unpaired) electrons. The van der Waals surface area contributed by atoms with Gasteiger partial charge in [-0.2, -0.15) is 0 Å². The lowest BCUT2D eigenvalue weighted by Gasteiger charge is -2.27. The fourth-order valence-electron chi connectivity index (χ4n) is 9.54. The van der Waals surface area contributed by atoms with Gasteiger partial charge in [0.05, 0.1) is 18.8 Å². The first-order valence-electron chi connectivity index (χ1n) is 30.4. The second-order valence-corrected chi connectivity index (χ2v) is 21.0. The van der Waals surface area contributed by atoms with Crippen LogP contribution in [0, 0.1) is 0 Å². The minimum atomic E-state index is -1.29. The molecule has 6 heteroatoms. The average Bonchev–Trinajstić information content (AvgIpc) is 3.34. The lowest BCUT2D eigenvalue weighted by atomic mass is 10.00. The Morgan fingerprint density at radius 1 is 0.353 bits per heavy atom. The summed E-state index contributed by atoms with van der Waals surface area (Å²) in [6.07, 6.45) is 70.9. The van der Waals surface area contributed by atoms with E-state index in [9.17, 15) is 25.2 Å². The maximum Gasteiger partial charge on any atom is 0.249 e. The molecule has 0 saturated heterocycles. The largest absolute Gasteiger partial charge is 0.394 e. The maximum absolute atomic E-state index is 12.6. The molecule has 4 atom stereocenters. The molecule has 0 aliphatic heterocycles. The number of nitrogens with one attached hydrogen (secondary N) is 1. The minimum absolute atomic E-state index is 0.353. The van der Waals surface area contributed by atoms with Gasteiger partial charge in [-0.1, -0.05) is 281 Å². The van der Waals surface area contributed by atoms with Crippen molar-refractivity contribution in [2.24, 2.45) is 0 Å². The zero-order valence-corrected chi connectivity index (χ0v) is 45.6. The van der Waals surface area contributed by atoms with Crippen molar-refractivity contribution >= 4 is 5.91 Å². The van der Waals surface area contributed by atoms with E-state index in [0.717, 1.165) is 51.4 Å². The van der Waals surface area contributed by atoms with Crippen molar-refractivity contribution in [1.29, 1.82) is 0 Å². The summed E-state index contributed by atoms with van der Waals surface area (Å²) < 4.78 is 0. The van der Waals surface area contributed by atoms with Gasteiger partial charge in [0.2, 0.25) is 5.91 Å². The Morgan fingerprint density at radius 2 is 0.618 bits per heavy atom. The van der Waals surface area contributed by atoms with Crippen LogP contribution in [0.25, 0.3) is 0 Å². The van der Waals surface area contributed by atoms with Gasteiger partial charge in [0.25, 0.3) is 0 Å². The summed E-state index contributed by atoms with van der Waals surface area (Å²) in [5.74, 6) is -0.599. The number of allylic oxidation sites excluding steroid dienone is 6. The van der Waals surface area contributed by atoms with Gasteiger partial charge in [0, 0.05) is 0 Å². The van der Waals surface area contributed by atoms with Crippen molar-refractivity contribution in [1.82, 2.24) is 5.32 Å². The summed E-state index contributed by atoms with van der Waals surface area (Å²) in [6, 6.07) is -1.01. The van der Waals surface area contributed by atoms with E-state index in [2.05, 4.69) is 55.6 Å². The van der Waals surface area contributed by atoms with E-state index < -0.39 is 36.9 Å². The number of unbranched alkanes of at least 4 members (excludes halogenated alkanes) is 41. The summed E-state index contributed by atoms with van der Waals surface area (Å²) in [6.45, 7) is 4.07. The predicted octanol–water partition coefficient (Wildman–Crippen LogP) is 18.0. The number of carbonyl (C=O) groups is 1. The van der Waals surface area contributed by atoms with Gasteiger partial charge in [-0.05, 0) is 77.0 Å². The van der Waals surface area contributed by atoms with Gasteiger partial charge in [-0.15, -0.1) is 0 Å². The number of hydrogen-bond acceptors (Lipinski definition) is 5. The topological polar surface area (TPSA) is 110 Å². The highest BCUT2D eigenvalue weighted by Gasteiger charge is 2.28. The third-order valence-corrected chi connectivity index (χ3v) is 14.3. The molecule has 0 heterocycles. The van der Waals surface area contributed by atoms with E-state index in [0.29, 0.717) is 19.3 Å². The van der Waals surface area contributed by atoms with Crippen molar-refractivity contribution in [2.75, 3.05) is 6.61 Å². The Balaban J connectivity index is 3.65. The lowest BCUT2D eigenvalue weighted by Crippen LogP contribution is -2.53. The number of aliphatic hydroxyl groups is 4. The Bertz CT molecular complexity index is 1080. The van der Waals surface area contributed by atoms with Gasteiger partial charge < -0.3 is 25.7 Å². The van der Waals surface area contributed by atoms with E-state index >= 15 is 0 Å². The average molecular weight is 959 g/mol. The molecule has 0 aromatic heterocycles. The fourth-order valence-corrected chi connectivity index (χ4v) is 9.54. The monoisotopic (exact) mass is 958 g/mol. The van der Waals surface area contributed by atoms with Crippen molar-refractivity contribution in [3.63, 3.8) is 0 Å². The normalized spacial score (nSPS) is 13.9. The quantitative estimate of drug-likeness (QED) is 0.0308. The molecule has 0 saturated carbocycles. The van der Waals surface area contributed by atoms with Crippen molar-refractivity contribution in [3.05, 3.63) is 36.5 Å². The number of aliphatic hydroxyl groups excluding tert-OH is 4. The third-order valence-electron chi connectivity index (χ3n) is 14.3. The van der Waals surface area contributed by atoms with Gasteiger partial charge in [0.15, 0.2) is 0 Å². The highest BCUT2D eigenvalue weighted by molar-refractivity contribution is 5.80. The molecule has 0 aliphatic rings. The van der Waals surface area contributed by atoms with Crippen molar-refractivity contribution < 1.29 is 25.2 Å². The molecule has 1 amide bonds. The zero-order valence-electron chi connectivity index (χ0n) is 45.6. The van der Waals surface area contributed by atoms with E-state index in [1.807, 2.05) is 0 Å². The predicted molar refractivity (Wildman–Crippen MR) is 297 cm³/mol. The molecule has 402 valence electrons. The van der Waals surface area contributed by atoms with Crippen LogP contribution < -0.4 is 5.32 Å². The zero-order chi connectivity index (χ0) is 49.5. The molecule has 6 nitrogen and oxygen atoms in total. The molecule has 0 rings (SSSR count). The molecule has 0 aliphatic carbocycles. The molecule has 0 spiro atoms. The Morgan fingerprint density at radius 3 is 0.926 bits per heavy atom. The molecule has 0 bridgehead atoms. The van der Waals surface area contributed by atoms with Gasteiger partial charge in [-0.25, -0.2) is 0 Å². The van der Waals surface area contributed by atoms with E-state index in [-0.39, 0.29) is 0 Å². The molecule has 68 heavy (non-hydrogen) atoms. The first kappa shape index (κ1) is 66.5. The summed E-state index contributed by atoms with van der Waals surface area (Å²) in [5.41, 5.74) is 0. The van der Waals surface area contributed by atoms with E-state index in [1.54, 1.807) is 0 Å². The SMILES string of the molecule is CCCCCCCCCCCCC/C=C\CCCCCCCCC(O)C(=O)NC(CO)C(O)C(O)CCC/C=C/CC/C=C/CCCCCCCCCCCCCCCCCCCCCCCC. The van der Waals surface area contributed by atoms with E-state index in [1.165, 1.54) is 238 Å². The van der Waals surface area contributed by atoms with Crippen LogP contribution in [0.3, 0.4) is 0 Å². The van der Waals surface area contributed by atoms with Crippen LogP contribution in [0.2, 0.25) is 0 Å². The first-order chi connectivity index (χ1) is 33.5. The second kappa shape index (κ2) is 56.4. The number of amides is 1. The van der Waals surface area contributed by atoms with Crippen LogP contribution in [-0.4, -0.2) is 57.3 Å². The number of hydrogen-bond donors (Lipinski definition) is 5. The van der Waals surface area contributed by atoms with Crippen LogP contribution >= 0.6 is 0 Å². The fraction of sp³-hybridized carbons (Fsp3) is 0.887. The van der Waals surface area contributed by atoms with Crippen molar-refractivity contribution in [3.8, 4) is 0 Å². The molecule has 5 N–H and O–H groups in total. The van der Waals surface area contributed by atoms with Gasteiger partial charge in [-0.3, -0.25) is 4.79 Å².